The molecule has 0 radical (unpaired) electrons. The van der Waals surface area contributed by atoms with Crippen molar-refractivity contribution in [2.75, 3.05) is 19.8 Å². The number of aromatic nitrogens is 3. The van der Waals surface area contributed by atoms with Gasteiger partial charge in [0.15, 0.2) is 17.1 Å². The van der Waals surface area contributed by atoms with Crippen LogP contribution in [-0.4, -0.2) is 45.3 Å². The quantitative estimate of drug-likeness (QED) is 0.629. The van der Waals surface area contributed by atoms with Gasteiger partial charge < -0.3 is 14.4 Å². The van der Waals surface area contributed by atoms with Gasteiger partial charge in [-0.1, -0.05) is 6.07 Å². The molecule has 7 heteroatoms. The van der Waals surface area contributed by atoms with Crippen molar-refractivity contribution in [1.29, 1.82) is 0 Å². The number of nitrogens with zero attached hydrogens (tertiary/aromatic N) is 4. The van der Waals surface area contributed by atoms with Crippen LogP contribution >= 0.6 is 0 Å². The van der Waals surface area contributed by atoms with E-state index < -0.39 is 0 Å². The number of pyridine rings is 1. The molecule has 2 aromatic heterocycles. The summed E-state index contributed by atoms with van der Waals surface area (Å²) in [6, 6.07) is 7.73. The molecule has 0 fully saturated rings. The smallest absolute Gasteiger partial charge is 0.255 e. The van der Waals surface area contributed by atoms with Crippen LogP contribution in [0.25, 0.3) is 11.0 Å². The molecule has 0 bridgehead atoms. The number of benzene rings is 1. The minimum Gasteiger partial charge on any atom is -0.486 e. The van der Waals surface area contributed by atoms with E-state index in [4.69, 9.17) is 19.6 Å². The van der Waals surface area contributed by atoms with Crippen molar-refractivity contribution in [1.82, 2.24) is 19.7 Å². The Morgan fingerprint density at radius 2 is 1.84 bits per heavy atom. The molecule has 0 spiro atoms. The summed E-state index contributed by atoms with van der Waals surface area (Å²) in [6.45, 7) is 14.3. The highest BCUT2D eigenvalue weighted by Crippen LogP contribution is 2.32. The molecular weight excluding hydrogens is 392 g/mol. The predicted molar refractivity (Wildman–Crippen MR) is 120 cm³/mol. The third-order valence-corrected chi connectivity index (χ3v) is 5.46. The van der Waals surface area contributed by atoms with Gasteiger partial charge in [-0.15, -0.1) is 0 Å². The van der Waals surface area contributed by atoms with E-state index in [9.17, 15) is 4.79 Å². The van der Waals surface area contributed by atoms with E-state index in [1.807, 2.05) is 54.6 Å². The monoisotopic (exact) mass is 422 g/mol. The number of carbonyl (C=O) groups is 1. The lowest BCUT2D eigenvalue weighted by atomic mass is 10.1. The summed E-state index contributed by atoms with van der Waals surface area (Å²) < 4.78 is 13.2. The average Bonchev–Trinajstić information content (AvgIpc) is 3.07. The molecule has 164 valence electrons. The first kappa shape index (κ1) is 21.2. The number of ether oxygens (including phenoxy) is 2. The van der Waals surface area contributed by atoms with Crippen LogP contribution in [0, 0.1) is 13.8 Å². The zero-order chi connectivity index (χ0) is 22.3. The Morgan fingerprint density at radius 1 is 1.13 bits per heavy atom. The number of hydrogen-bond acceptors (Lipinski definition) is 5. The summed E-state index contributed by atoms with van der Waals surface area (Å²) in [5, 5.41) is 5.54. The van der Waals surface area contributed by atoms with Crippen molar-refractivity contribution in [3.63, 3.8) is 0 Å². The molecule has 3 heterocycles. The maximum absolute atomic E-state index is 13.7. The van der Waals surface area contributed by atoms with Gasteiger partial charge in [-0.05, 0) is 65.3 Å². The first-order chi connectivity index (χ1) is 14.7. The van der Waals surface area contributed by atoms with Gasteiger partial charge in [0.2, 0.25) is 0 Å². The fraction of sp³-hybridized carbons (Fsp3) is 0.458. The van der Waals surface area contributed by atoms with Crippen LogP contribution in [0.5, 0.6) is 11.5 Å². The second-order valence-corrected chi connectivity index (χ2v) is 8.98. The van der Waals surface area contributed by atoms with E-state index in [1.54, 1.807) is 0 Å². The molecule has 0 aliphatic carbocycles. The van der Waals surface area contributed by atoms with E-state index >= 15 is 0 Å². The van der Waals surface area contributed by atoms with Gasteiger partial charge >= 0.3 is 0 Å². The van der Waals surface area contributed by atoms with Crippen molar-refractivity contribution in [3.8, 4) is 11.5 Å². The molecule has 0 unspecified atom stereocenters. The van der Waals surface area contributed by atoms with E-state index in [2.05, 4.69) is 20.8 Å². The second kappa shape index (κ2) is 7.87. The largest absolute Gasteiger partial charge is 0.486 e. The molecule has 0 saturated heterocycles. The zero-order valence-corrected chi connectivity index (χ0v) is 19.2. The Morgan fingerprint density at radius 3 is 2.52 bits per heavy atom. The summed E-state index contributed by atoms with van der Waals surface area (Å²) in [5.74, 6) is 1.46. The van der Waals surface area contributed by atoms with Gasteiger partial charge in [0, 0.05) is 18.8 Å². The van der Waals surface area contributed by atoms with Crippen LogP contribution in [0.4, 0.5) is 0 Å². The number of hydrogen-bond donors (Lipinski definition) is 0. The Bertz CT molecular complexity index is 1140. The lowest BCUT2D eigenvalue weighted by molar-refractivity contribution is 0.0754. The van der Waals surface area contributed by atoms with Gasteiger partial charge in [0.25, 0.3) is 5.91 Å². The van der Waals surface area contributed by atoms with Crippen LogP contribution in [0.2, 0.25) is 0 Å². The fourth-order valence-corrected chi connectivity index (χ4v) is 3.95. The Kier molecular flexibility index (Phi) is 5.37. The van der Waals surface area contributed by atoms with Gasteiger partial charge in [0.1, 0.15) is 13.2 Å². The summed E-state index contributed by atoms with van der Waals surface area (Å²) >= 11 is 0. The lowest BCUT2D eigenvalue weighted by Crippen LogP contribution is -2.31. The number of fused-ring (bicyclic) bond motifs is 2. The molecule has 1 amide bonds. The highest BCUT2D eigenvalue weighted by atomic mass is 16.6. The Hall–Kier alpha value is -3.09. The van der Waals surface area contributed by atoms with Crippen LogP contribution in [0.15, 0.2) is 24.3 Å². The van der Waals surface area contributed by atoms with Crippen LogP contribution < -0.4 is 9.47 Å². The molecule has 3 aromatic rings. The standard InChI is InChI=1S/C24H30N4O3/c1-7-27(14-17-8-9-19-20(13-17)31-11-10-30-19)23(29)18-12-15(2)25-22-21(18)16(3)26-28(22)24(4,5)6/h8-9,12-13H,7,10-11,14H2,1-6H3. The molecule has 0 saturated carbocycles. The van der Waals surface area contributed by atoms with Crippen molar-refractivity contribution < 1.29 is 14.3 Å². The topological polar surface area (TPSA) is 69.5 Å². The Balaban J connectivity index is 1.71. The van der Waals surface area contributed by atoms with Crippen molar-refractivity contribution in [2.24, 2.45) is 0 Å². The summed E-state index contributed by atoms with van der Waals surface area (Å²) in [7, 11) is 0. The van der Waals surface area contributed by atoms with Gasteiger partial charge in [0.05, 0.1) is 22.2 Å². The predicted octanol–water partition coefficient (Wildman–Crippen LogP) is 4.24. The first-order valence-electron chi connectivity index (χ1n) is 10.7. The van der Waals surface area contributed by atoms with Crippen LogP contribution in [0.3, 0.4) is 0 Å². The van der Waals surface area contributed by atoms with E-state index in [1.165, 1.54) is 0 Å². The van der Waals surface area contributed by atoms with E-state index in [0.717, 1.165) is 39.5 Å². The van der Waals surface area contributed by atoms with Crippen LogP contribution in [0.1, 0.15) is 55.0 Å². The minimum atomic E-state index is -0.233. The molecule has 1 aliphatic rings. The molecule has 0 atom stereocenters. The van der Waals surface area contributed by atoms with Crippen molar-refractivity contribution in [3.05, 3.63) is 46.8 Å². The Labute approximate surface area is 183 Å². The lowest BCUT2D eigenvalue weighted by Gasteiger charge is -2.24. The van der Waals surface area contributed by atoms with E-state index in [-0.39, 0.29) is 11.4 Å². The molecule has 0 N–H and O–H groups in total. The third-order valence-electron chi connectivity index (χ3n) is 5.46. The molecule has 1 aliphatic heterocycles. The zero-order valence-electron chi connectivity index (χ0n) is 19.2. The highest BCUT2D eigenvalue weighted by molar-refractivity contribution is 6.06. The molecule has 4 rings (SSSR count). The van der Waals surface area contributed by atoms with Gasteiger partial charge in [-0.2, -0.15) is 5.10 Å². The maximum atomic E-state index is 13.7. The maximum Gasteiger partial charge on any atom is 0.255 e. The summed E-state index contributed by atoms with van der Waals surface area (Å²) in [6.07, 6.45) is 0. The minimum absolute atomic E-state index is 0.0237. The molecule has 1 aromatic carbocycles. The third kappa shape index (κ3) is 3.96. The normalized spacial score (nSPS) is 13.5. The summed E-state index contributed by atoms with van der Waals surface area (Å²) in [4.78, 5) is 20.2. The second-order valence-electron chi connectivity index (χ2n) is 8.98. The molecule has 7 nitrogen and oxygen atoms in total. The molecular formula is C24H30N4O3. The average molecular weight is 423 g/mol. The SMILES string of the molecule is CCN(Cc1ccc2c(c1)OCCO2)C(=O)c1cc(C)nc2c1c(C)nn2C(C)(C)C. The summed E-state index contributed by atoms with van der Waals surface area (Å²) in [5.41, 5.74) is 3.79. The number of aryl methyl sites for hydroxylation is 2. The van der Waals surface area contributed by atoms with Crippen LogP contribution in [-0.2, 0) is 12.1 Å². The fourth-order valence-electron chi connectivity index (χ4n) is 3.95. The van der Waals surface area contributed by atoms with Crippen molar-refractivity contribution >= 4 is 16.9 Å². The number of carbonyl (C=O) groups excluding carboxylic acids is 1. The number of amides is 1. The van der Waals surface area contributed by atoms with E-state index in [0.29, 0.717) is 31.9 Å². The van der Waals surface area contributed by atoms with Gasteiger partial charge in [-0.25, -0.2) is 9.67 Å². The molecule has 31 heavy (non-hydrogen) atoms. The highest BCUT2D eigenvalue weighted by Gasteiger charge is 2.26. The number of rotatable bonds is 4. The van der Waals surface area contributed by atoms with Gasteiger partial charge in [-0.3, -0.25) is 4.79 Å². The van der Waals surface area contributed by atoms with Crippen molar-refractivity contribution in [2.45, 2.75) is 53.6 Å². The first-order valence-corrected chi connectivity index (χ1v) is 10.7.